The molecule has 188 valence electrons. The number of nitrogens with one attached hydrogen (secondary N) is 2. The smallest absolute Gasteiger partial charge is 0.243 e. The van der Waals surface area contributed by atoms with Crippen LogP contribution in [0, 0.1) is 11.3 Å². The van der Waals surface area contributed by atoms with Crippen LogP contribution in [0.1, 0.15) is 52.9 Å². The summed E-state index contributed by atoms with van der Waals surface area (Å²) in [7, 11) is -3.68. The van der Waals surface area contributed by atoms with Crippen molar-refractivity contribution in [2.75, 3.05) is 49.6 Å². The summed E-state index contributed by atoms with van der Waals surface area (Å²) in [6.07, 6.45) is 4.22. The molecule has 1 amide bonds. The van der Waals surface area contributed by atoms with Crippen molar-refractivity contribution in [3.63, 3.8) is 0 Å². The molecule has 1 saturated carbocycles. The van der Waals surface area contributed by atoms with Gasteiger partial charge in [0.2, 0.25) is 15.9 Å². The SMILES string of the molecule is CCN(CC)c1ccc(S(=O)(=O)N2CCOCC2)cc1NC(C)C(=O)NC1(C#N)CCCCC1. The third-order valence-electron chi connectivity index (χ3n) is 6.73. The van der Waals surface area contributed by atoms with Crippen molar-refractivity contribution >= 4 is 27.3 Å². The molecule has 2 fully saturated rings. The molecule has 1 aliphatic heterocycles. The van der Waals surface area contributed by atoms with Crippen molar-refractivity contribution in [2.45, 2.75) is 69.4 Å². The Morgan fingerprint density at radius 3 is 2.44 bits per heavy atom. The van der Waals surface area contributed by atoms with E-state index in [-0.39, 0.29) is 10.8 Å². The Bertz CT molecular complexity index is 991. The number of nitriles is 1. The van der Waals surface area contributed by atoms with Crippen LogP contribution in [0.3, 0.4) is 0 Å². The zero-order chi connectivity index (χ0) is 24.8. The van der Waals surface area contributed by atoms with Crippen LogP contribution in [-0.2, 0) is 19.6 Å². The number of rotatable bonds is 9. The Kier molecular flexibility index (Phi) is 8.79. The Labute approximate surface area is 203 Å². The number of nitrogens with zero attached hydrogens (tertiary/aromatic N) is 3. The molecule has 2 aliphatic rings. The normalized spacial score (nSPS) is 19.6. The van der Waals surface area contributed by atoms with Crippen LogP contribution in [0.15, 0.2) is 23.1 Å². The first-order valence-electron chi connectivity index (χ1n) is 12.2. The molecule has 1 heterocycles. The lowest BCUT2D eigenvalue weighted by Crippen LogP contribution is -2.52. The number of hydrogen-bond acceptors (Lipinski definition) is 7. The van der Waals surface area contributed by atoms with E-state index in [4.69, 9.17) is 4.74 Å². The van der Waals surface area contributed by atoms with Crippen molar-refractivity contribution < 1.29 is 17.9 Å². The van der Waals surface area contributed by atoms with Crippen LogP contribution in [0.25, 0.3) is 0 Å². The summed E-state index contributed by atoms with van der Waals surface area (Å²) in [5.74, 6) is -0.268. The number of anilines is 2. The molecule has 10 heteroatoms. The molecule has 1 atom stereocenters. The van der Waals surface area contributed by atoms with Crippen LogP contribution < -0.4 is 15.5 Å². The second kappa shape index (κ2) is 11.4. The van der Waals surface area contributed by atoms with Gasteiger partial charge in [0.1, 0.15) is 11.6 Å². The third kappa shape index (κ3) is 5.82. The van der Waals surface area contributed by atoms with Gasteiger partial charge >= 0.3 is 0 Å². The van der Waals surface area contributed by atoms with Crippen molar-refractivity contribution in [1.29, 1.82) is 5.26 Å². The predicted molar refractivity (Wildman–Crippen MR) is 132 cm³/mol. The van der Waals surface area contributed by atoms with Crippen molar-refractivity contribution in [3.8, 4) is 6.07 Å². The summed E-state index contributed by atoms with van der Waals surface area (Å²) in [5.41, 5.74) is 0.586. The summed E-state index contributed by atoms with van der Waals surface area (Å²) in [4.78, 5) is 15.3. The summed E-state index contributed by atoms with van der Waals surface area (Å²) in [5, 5.41) is 15.9. The molecular formula is C24H37N5O4S. The van der Waals surface area contributed by atoms with Crippen LogP contribution in [-0.4, -0.2) is 69.6 Å². The van der Waals surface area contributed by atoms with Crippen LogP contribution in [0.4, 0.5) is 11.4 Å². The van der Waals surface area contributed by atoms with Gasteiger partial charge in [0, 0.05) is 26.2 Å². The highest BCUT2D eigenvalue weighted by Crippen LogP contribution is 2.32. The van der Waals surface area contributed by atoms with Gasteiger partial charge in [0.25, 0.3) is 0 Å². The number of hydrogen-bond donors (Lipinski definition) is 2. The molecule has 1 saturated heterocycles. The quantitative estimate of drug-likeness (QED) is 0.546. The summed E-state index contributed by atoms with van der Waals surface area (Å²) < 4.78 is 33.2. The lowest BCUT2D eigenvalue weighted by atomic mass is 9.82. The van der Waals surface area contributed by atoms with E-state index in [2.05, 4.69) is 21.6 Å². The van der Waals surface area contributed by atoms with Gasteiger partial charge in [-0.3, -0.25) is 4.79 Å². The van der Waals surface area contributed by atoms with Crippen LogP contribution in [0.2, 0.25) is 0 Å². The molecule has 0 bridgehead atoms. The lowest BCUT2D eigenvalue weighted by molar-refractivity contribution is -0.123. The number of ether oxygens (including phenoxy) is 1. The van der Waals surface area contributed by atoms with E-state index < -0.39 is 21.6 Å². The Morgan fingerprint density at radius 1 is 1.21 bits per heavy atom. The van der Waals surface area contributed by atoms with E-state index in [0.717, 1.165) is 38.0 Å². The minimum atomic E-state index is -3.68. The molecule has 3 rings (SSSR count). The molecule has 0 aromatic heterocycles. The Balaban J connectivity index is 1.87. The van der Waals surface area contributed by atoms with E-state index in [9.17, 15) is 18.5 Å². The molecule has 0 spiro atoms. The first-order chi connectivity index (χ1) is 16.3. The van der Waals surface area contributed by atoms with Gasteiger partial charge in [-0.1, -0.05) is 19.3 Å². The largest absolute Gasteiger partial charge is 0.379 e. The number of carbonyl (C=O) groups excluding carboxylic acids is 1. The highest BCUT2D eigenvalue weighted by molar-refractivity contribution is 7.89. The molecule has 1 aliphatic carbocycles. The van der Waals surface area contributed by atoms with Gasteiger partial charge in [-0.2, -0.15) is 9.57 Å². The molecule has 2 N–H and O–H groups in total. The average Bonchev–Trinajstić information content (AvgIpc) is 2.86. The zero-order valence-electron chi connectivity index (χ0n) is 20.5. The second-order valence-corrected chi connectivity index (χ2v) is 10.9. The predicted octanol–water partition coefficient (Wildman–Crippen LogP) is 2.70. The number of morpholine rings is 1. The molecule has 1 aromatic rings. The van der Waals surface area contributed by atoms with Gasteiger partial charge in [-0.05, 0) is 51.8 Å². The summed E-state index contributed by atoms with van der Waals surface area (Å²) >= 11 is 0. The lowest BCUT2D eigenvalue weighted by Gasteiger charge is -2.33. The summed E-state index contributed by atoms with van der Waals surface area (Å²) in [6, 6.07) is 6.70. The van der Waals surface area contributed by atoms with Gasteiger partial charge in [0.15, 0.2) is 0 Å². The minimum absolute atomic E-state index is 0.182. The topological polar surface area (TPSA) is 115 Å². The first kappa shape index (κ1) is 26.3. The number of amides is 1. The molecule has 1 unspecified atom stereocenters. The minimum Gasteiger partial charge on any atom is -0.379 e. The van der Waals surface area contributed by atoms with Crippen molar-refractivity contribution in [2.24, 2.45) is 0 Å². The van der Waals surface area contributed by atoms with Gasteiger partial charge in [-0.15, -0.1) is 0 Å². The number of benzene rings is 1. The van der Waals surface area contributed by atoms with E-state index in [1.165, 1.54) is 4.31 Å². The van der Waals surface area contributed by atoms with E-state index >= 15 is 0 Å². The average molecular weight is 492 g/mol. The molecule has 34 heavy (non-hydrogen) atoms. The zero-order valence-corrected chi connectivity index (χ0v) is 21.3. The maximum atomic E-state index is 13.2. The van der Waals surface area contributed by atoms with E-state index in [0.29, 0.717) is 44.8 Å². The Morgan fingerprint density at radius 2 is 1.85 bits per heavy atom. The number of sulfonamides is 1. The third-order valence-corrected chi connectivity index (χ3v) is 8.62. The monoisotopic (exact) mass is 491 g/mol. The molecule has 1 aromatic carbocycles. The van der Waals surface area contributed by atoms with Gasteiger partial charge in [-0.25, -0.2) is 8.42 Å². The number of carbonyl (C=O) groups is 1. The maximum Gasteiger partial charge on any atom is 0.243 e. The highest BCUT2D eigenvalue weighted by atomic mass is 32.2. The second-order valence-electron chi connectivity index (χ2n) is 8.98. The fourth-order valence-corrected chi connectivity index (χ4v) is 6.06. The molecular weight excluding hydrogens is 454 g/mol. The fourth-order valence-electron chi connectivity index (χ4n) is 4.63. The van der Waals surface area contributed by atoms with Crippen molar-refractivity contribution in [1.82, 2.24) is 9.62 Å². The maximum absolute atomic E-state index is 13.2. The highest BCUT2D eigenvalue weighted by Gasteiger charge is 2.35. The van der Waals surface area contributed by atoms with E-state index in [1.54, 1.807) is 25.1 Å². The van der Waals surface area contributed by atoms with Crippen LogP contribution >= 0.6 is 0 Å². The van der Waals surface area contributed by atoms with E-state index in [1.807, 2.05) is 13.8 Å². The Hall–Kier alpha value is -2.35. The summed E-state index contributed by atoms with van der Waals surface area (Å²) in [6.45, 7) is 8.65. The fraction of sp³-hybridized carbons (Fsp3) is 0.667. The van der Waals surface area contributed by atoms with Gasteiger partial charge < -0.3 is 20.3 Å². The molecule has 0 radical (unpaired) electrons. The standard InChI is InChI=1S/C24H37N5O4S/c1-4-28(5-2)22-10-9-20(34(31,32)29-13-15-33-16-14-29)17-21(22)26-19(3)23(30)27-24(18-25)11-7-6-8-12-24/h9-10,17,19,26H,4-8,11-16H2,1-3H3,(H,27,30). The van der Waals surface area contributed by atoms with Crippen molar-refractivity contribution in [3.05, 3.63) is 18.2 Å². The van der Waals surface area contributed by atoms with Gasteiger partial charge in [0.05, 0.1) is 35.6 Å². The molecule has 9 nitrogen and oxygen atoms in total. The van der Waals surface area contributed by atoms with Crippen LogP contribution in [0.5, 0.6) is 0 Å². The first-order valence-corrected chi connectivity index (χ1v) is 13.7.